The molecule has 0 spiro atoms. The molecule has 3 nitrogen and oxygen atoms in total. The molecule has 1 saturated carbocycles. The maximum Gasteiger partial charge on any atom is 0.282 e. The van der Waals surface area contributed by atoms with Crippen LogP contribution in [0, 0.1) is 17.8 Å². The second kappa shape index (κ2) is 6.20. The Labute approximate surface area is 116 Å². The summed E-state index contributed by atoms with van der Waals surface area (Å²) in [4.78, 5) is 0. The molecule has 0 bridgehead atoms. The predicted octanol–water partition coefficient (Wildman–Crippen LogP) is 2.38. The van der Waals surface area contributed by atoms with Gasteiger partial charge in [0.25, 0.3) is 5.82 Å². The van der Waals surface area contributed by atoms with Gasteiger partial charge >= 0.3 is 0 Å². The molecule has 0 saturated heterocycles. The lowest BCUT2D eigenvalue weighted by atomic mass is 9.97. The van der Waals surface area contributed by atoms with Crippen LogP contribution in [0.2, 0.25) is 0 Å². The van der Waals surface area contributed by atoms with Gasteiger partial charge in [-0.1, -0.05) is 12.2 Å². The number of hydrogen-bond acceptors (Lipinski definition) is 1. The van der Waals surface area contributed by atoms with E-state index in [1.807, 2.05) is 0 Å². The summed E-state index contributed by atoms with van der Waals surface area (Å²) in [5.41, 5.74) is 0. The fourth-order valence-electron chi connectivity index (χ4n) is 3.00. The van der Waals surface area contributed by atoms with Gasteiger partial charge in [-0.3, -0.25) is 0 Å². The van der Waals surface area contributed by atoms with Crippen LogP contribution in [0.15, 0.2) is 37.7 Å². The zero-order valence-electron chi connectivity index (χ0n) is 12.1. The van der Waals surface area contributed by atoms with Crippen molar-refractivity contribution in [3.63, 3.8) is 0 Å². The molecule has 1 aromatic heterocycles. The highest BCUT2D eigenvalue weighted by Crippen LogP contribution is 2.37. The molecule has 104 valence electrons. The maximum absolute atomic E-state index is 5.92. The van der Waals surface area contributed by atoms with E-state index in [2.05, 4.69) is 60.9 Å². The van der Waals surface area contributed by atoms with Gasteiger partial charge in [-0.2, -0.15) is 0 Å². The van der Waals surface area contributed by atoms with Gasteiger partial charge in [0.1, 0.15) is 19.0 Å². The monoisotopic (exact) mass is 261 g/mol. The number of rotatable bonds is 6. The predicted molar refractivity (Wildman–Crippen MR) is 76.3 cm³/mol. The fourth-order valence-corrected chi connectivity index (χ4v) is 3.00. The zero-order valence-corrected chi connectivity index (χ0v) is 12.1. The number of imidazole rings is 1. The fraction of sp³-hybridized carbons (Fsp3) is 0.562. The molecule has 0 radical (unpaired) electrons. The molecule has 1 aliphatic rings. The van der Waals surface area contributed by atoms with Crippen molar-refractivity contribution in [3.05, 3.63) is 43.5 Å². The number of allylic oxidation sites excluding steroid dienone is 2. The molecular formula is C16H25N2O+. The Hall–Kier alpha value is -1.35. The van der Waals surface area contributed by atoms with Crippen LogP contribution >= 0.6 is 0 Å². The Kier molecular flexibility index (Phi) is 4.59. The van der Waals surface area contributed by atoms with E-state index in [4.69, 9.17) is 4.74 Å². The number of ether oxygens (including phenoxy) is 1. The average molecular weight is 261 g/mol. The molecule has 1 fully saturated rings. The van der Waals surface area contributed by atoms with Crippen molar-refractivity contribution >= 4 is 0 Å². The summed E-state index contributed by atoms with van der Waals surface area (Å²) in [5, 5.41) is 0. The van der Waals surface area contributed by atoms with Crippen LogP contribution in [0.25, 0.3) is 0 Å². The Morgan fingerprint density at radius 3 is 2.79 bits per heavy atom. The molecule has 1 aromatic rings. The SMILES string of the molecule is C=CC1CC(C=C)C(COCc2n(C)cc[n+]2C)C1. The molecule has 3 atom stereocenters. The largest absolute Gasteiger partial charge is 0.368 e. The smallest absolute Gasteiger partial charge is 0.282 e. The van der Waals surface area contributed by atoms with Crippen LogP contribution in [-0.4, -0.2) is 11.2 Å². The first kappa shape index (κ1) is 14.1. The third-order valence-electron chi connectivity index (χ3n) is 4.31. The van der Waals surface area contributed by atoms with Crippen LogP contribution in [0.5, 0.6) is 0 Å². The molecule has 19 heavy (non-hydrogen) atoms. The highest BCUT2D eigenvalue weighted by atomic mass is 16.5. The van der Waals surface area contributed by atoms with Crippen molar-refractivity contribution < 1.29 is 9.30 Å². The third-order valence-corrected chi connectivity index (χ3v) is 4.31. The summed E-state index contributed by atoms with van der Waals surface area (Å²) in [6.45, 7) is 9.34. The average Bonchev–Trinajstić information content (AvgIpc) is 2.96. The minimum atomic E-state index is 0.574. The molecule has 0 aromatic carbocycles. The van der Waals surface area contributed by atoms with Gasteiger partial charge in [0.05, 0.1) is 20.7 Å². The van der Waals surface area contributed by atoms with E-state index >= 15 is 0 Å². The van der Waals surface area contributed by atoms with Crippen LogP contribution in [-0.2, 0) is 25.4 Å². The summed E-state index contributed by atoms with van der Waals surface area (Å²) >= 11 is 0. The van der Waals surface area contributed by atoms with Crippen molar-refractivity contribution in [2.45, 2.75) is 19.4 Å². The zero-order chi connectivity index (χ0) is 13.8. The van der Waals surface area contributed by atoms with Gasteiger partial charge in [-0.05, 0) is 30.6 Å². The molecule has 1 aliphatic carbocycles. The first-order chi connectivity index (χ1) is 9.15. The van der Waals surface area contributed by atoms with E-state index in [9.17, 15) is 0 Å². The van der Waals surface area contributed by atoms with Crippen LogP contribution in [0.4, 0.5) is 0 Å². The van der Waals surface area contributed by atoms with Crippen molar-refractivity contribution in [1.29, 1.82) is 0 Å². The van der Waals surface area contributed by atoms with Crippen molar-refractivity contribution in [3.8, 4) is 0 Å². The van der Waals surface area contributed by atoms with E-state index in [1.54, 1.807) is 0 Å². The molecule has 2 rings (SSSR count). The van der Waals surface area contributed by atoms with E-state index in [0.29, 0.717) is 24.4 Å². The van der Waals surface area contributed by atoms with E-state index in [-0.39, 0.29) is 0 Å². The van der Waals surface area contributed by atoms with Crippen LogP contribution < -0.4 is 4.57 Å². The van der Waals surface area contributed by atoms with Crippen molar-refractivity contribution in [2.24, 2.45) is 31.8 Å². The highest BCUT2D eigenvalue weighted by Gasteiger charge is 2.31. The lowest BCUT2D eigenvalue weighted by molar-refractivity contribution is -0.680. The third kappa shape index (κ3) is 3.16. The summed E-state index contributed by atoms with van der Waals surface area (Å²) in [5.74, 6) is 2.98. The van der Waals surface area contributed by atoms with Gasteiger partial charge in [0.2, 0.25) is 0 Å². The topological polar surface area (TPSA) is 18.0 Å². The quantitative estimate of drug-likeness (QED) is 0.568. The lowest BCUT2D eigenvalue weighted by Crippen LogP contribution is -2.32. The Balaban J connectivity index is 1.85. The molecule has 1 heterocycles. The Bertz CT molecular complexity index is 430. The normalized spacial score (nSPS) is 26.5. The summed E-state index contributed by atoms with van der Waals surface area (Å²) < 4.78 is 10.1. The van der Waals surface area contributed by atoms with Gasteiger partial charge in [0.15, 0.2) is 0 Å². The van der Waals surface area contributed by atoms with Crippen LogP contribution in [0.3, 0.4) is 0 Å². The molecule has 0 amide bonds. The van der Waals surface area contributed by atoms with Crippen molar-refractivity contribution in [1.82, 2.24) is 4.57 Å². The first-order valence-corrected chi connectivity index (χ1v) is 6.98. The minimum absolute atomic E-state index is 0.574. The second-order valence-electron chi connectivity index (χ2n) is 5.58. The number of nitrogens with zero attached hydrogens (tertiary/aromatic N) is 2. The summed E-state index contributed by atoms with van der Waals surface area (Å²) in [7, 11) is 4.10. The van der Waals surface area contributed by atoms with Crippen molar-refractivity contribution in [2.75, 3.05) is 6.61 Å². The number of aromatic nitrogens is 2. The van der Waals surface area contributed by atoms with E-state index < -0.39 is 0 Å². The molecule has 0 N–H and O–H groups in total. The second-order valence-corrected chi connectivity index (χ2v) is 5.58. The van der Waals surface area contributed by atoms with Gasteiger partial charge < -0.3 is 4.74 Å². The molecule has 3 unspecified atom stereocenters. The summed E-state index contributed by atoms with van der Waals surface area (Å²) in [6.07, 6.45) is 10.6. The van der Waals surface area contributed by atoms with Gasteiger partial charge in [0, 0.05) is 0 Å². The minimum Gasteiger partial charge on any atom is -0.368 e. The molecule has 0 aliphatic heterocycles. The van der Waals surface area contributed by atoms with Gasteiger partial charge in [-0.15, -0.1) is 13.2 Å². The Morgan fingerprint density at radius 1 is 1.42 bits per heavy atom. The van der Waals surface area contributed by atoms with Gasteiger partial charge in [-0.25, -0.2) is 9.13 Å². The first-order valence-electron chi connectivity index (χ1n) is 6.98. The maximum atomic E-state index is 5.92. The lowest BCUT2D eigenvalue weighted by Gasteiger charge is -2.15. The van der Waals surface area contributed by atoms with E-state index in [0.717, 1.165) is 6.61 Å². The number of hydrogen-bond donors (Lipinski definition) is 0. The Morgan fingerprint density at radius 2 is 2.21 bits per heavy atom. The highest BCUT2D eigenvalue weighted by molar-refractivity contribution is 4.98. The number of aryl methyl sites for hydroxylation is 2. The molecule has 3 heteroatoms. The van der Waals surface area contributed by atoms with E-state index in [1.165, 1.54) is 18.7 Å². The molecular weight excluding hydrogens is 236 g/mol. The standard InChI is InChI=1S/C16H25N2O/c1-5-13-9-14(6-2)15(10-13)11-19-12-16-17(3)7-8-18(16)4/h5-8,13-15H,1-2,9-12H2,3-4H3/q+1. The summed E-state index contributed by atoms with van der Waals surface area (Å²) in [6, 6.07) is 0. The van der Waals surface area contributed by atoms with Crippen LogP contribution in [0.1, 0.15) is 18.7 Å².